The van der Waals surface area contributed by atoms with E-state index in [4.69, 9.17) is 24.3 Å². The normalized spacial score (nSPS) is 20.9. The monoisotopic (exact) mass is 475 g/mol. The van der Waals surface area contributed by atoms with Crippen molar-refractivity contribution >= 4 is 17.8 Å². The summed E-state index contributed by atoms with van der Waals surface area (Å²) in [5, 5.41) is 10.8. The number of amides is 1. The lowest BCUT2D eigenvalue weighted by Gasteiger charge is -2.31. The van der Waals surface area contributed by atoms with Crippen molar-refractivity contribution < 1.29 is 28.9 Å². The van der Waals surface area contributed by atoms with Gasteiger partial charge in [0.05, 0.1) is 6.61 Å². The molecule has 1 fully saturated rings. The number of ether oxygens (including phenoxy) is 3. The van der Waals surface area contributed by atoms with Crippen molar-refractivity contribution in [2.45, 2.75) is 70.4 Å². The molecule has 188 valence electrons. The fraction of sp³-hybridized carbons (Fsp3) is 0.640. The van der Waals surface area contributed by atoms with Gasteiger partial charge in [-0.3, -0.25) is 15.0 Å². The maximum Gasteiger partial charge on any atom is 0.306 e. The number of hydrogen-bond donors (Lipinski definition) is 2. The van der Waals surface area contributed by atoms with E-state index in [0.717, 1.165) is 37.9 Å². The molecular formula is C25H37N3O6. The summed E-state index contributed by atoms with van der Waals surface area (Å²) in [4.78, 5) is 30.5. The van der Waals surface area contributed by atoms with Crippen LogP contribution in [-0.4, -0.2) is 71.9 Å². The Bertz CT molecular complexity index is 858. The zero-order chi connectivity index (χ0) is 24.6. The van der Waals surface area contributed by atoms with Gasteiger partial charge in [-0.2, -0.15) is 0 Å². The summed E-state index contributed by atoms with van der Waals surface area (Å²) < 4.78 is 16.9. The molecule has 0 saturated carbocycles. The first-order valence-electron chi connectivity index (χ1n) is 12.1. The van der Waals surface area contributed by atoms with Gasteiger partial charge in [0.2, 0.25) is 5.90 Å². The van der Waals surface area contributed by atoms with Crippen LogP contribution >= 0.6 is 0 Å². The molecule has 0 spiro atoms. The topological polar surface area (TPSA) is 110 Å². The molecule has 1 aromatic carbocycles. The van der Waals surface area contributed by atoms with E-state index in [0.29, 0.717) is 24.7 Å². The van der Waals surface area contributed by atoms with E-state index >= 15 is 0 Å². The third-order valence-corrected chi connectivity index (χ3v) is 5.64. The fourth-order valence-electron chi connectivity index (χ4n) is 3.86. The van der Waals surface area contributed by atoms with Gasteiger partial charge in [0.1, 0.15) is 18.0 Å². The number of rotatable bonds is 10. The Kier molecular flexibility index (Phi) is 8.90. The molecule has 2 heterocycles. The van der Waals surface area contributed by atoms with Crippen LogP contribution in [0.4, 0.5) is 0 Å². The van der Waals surface area contributed by atoms with Gasteiger partial charge in [0, 0.05) is 38.1 Å². The number of aliphatic imine (C=N–C) groups is 1. The summed E-state index contributed by atoms with van der Waals surface area (Å²) in [6, 6.07) is 7.24. The van der Waals surface area contributed by atoms with Crippen molar-refractivity contribution in [2.75, 3.05) is 32.9 Å². The molecule has 0 unspecified atom stereocenters. The van der Waals surface area contributed by atoms with Crippen LogP contribution in [0.15, 0.2) is 29.3 Å². The minimum Gasteiger partial charge on any atom is -0.494 e. The number of benzene rings is 1. The molecule has 1 saturated heterocycles. The van der Waals surface area contributed by atoms with Crippen molar-refractivity contribution in [1.29, 1.82) is 0 Å². The molecule has 3 rings (SSSR count). The van der Waals surface area contributed by atoms with E-state index in [-0.39, 0.29) is 37.9 Å². The summed E-state index contributed by atoms with van der Waals surface area (Å²) in [6.45, 7) is 7.60. The number of carbonyl (C=O) groups is 2. The predicted octanol–water partition coefficient (Wildman–Crippen LogP) is 2.60. The summed E-state index contributed by atoms with van der Waals surface area (Å²) in [5.74, 6) is 0.400. The highest BCUT2D eigenvalue weighted by atomic mass is 16.6. The highest BCUT2D eigenvalue weighted by molar-refractivity contribution is 6.00. The minimum atomic E-state index is -1.21. The second kappa shape index (κ2) is 11.7. The maximum atomic E-state index is 13.4. The van der Waals surface area contributed by atoms with Crippen LogP contribution in [-0.2, 0) is 19.1 Å². The minimum absolute atomic E-state index is 0.0551. The summed E-state index contributed by atoms with van der Waals surface area (Å²) in [5.41, 5.74) is 1.92. The third kappa shape index (κ3) is 7.43. The Labute approximate surface area is 201 Å². The van der Waals surface area contributed by atoms with Crippen LogP contribution in [0.2, 0.25) is 0 Å². The standard InChI is InChI=1S/C25H37N3O6/c1-24(2,3)34-21(30)12-13-25(23(31)27-28-14-5-4-6-15-28)18-33-22(26-25)19-8-10-20(11-9-19)32-17-7-16-29/h8-11,29H,4-7,12-18H2,1-3H3,(H,27,31)/t25-/m0/s1. The Morgan fingerprint density at radius 1 is 1.18 bits per heavy atom. The largest absolute Gasteiger partial charge is 0.494 e. The summed E-state index contributed by atoms with van der Waals surface area (Å²) in [6.07, 6.45) is 4.02. The fourth-order valence-corrected chi connectivity index (χ4v) is 3.86. The average molecular weight is 476 g/mol. The maximum absolute atomic E-state index is 13.4. The smallest absolute Gasteiger partial charge is 0.306 e. The van der Waals surface area contributed by atoms with E-state index < -0.39 is 11.1 Å². The molecule has 9 nitrogen and oxygen atoms in total. The van der Waals surface area contributed by atoms with Gasteiger partial charge in [-0.1, -0.05) is 6.42 Å². The SMILES string of the molecule is CC(C)(C)OC(=O)CC[C@@]1(C(=O)NN2CCCCC2)COC(c2ccc(OCCCO)cc2)=N1. The number of carbonyl (C=O) groups excluding carboxylic acids is 2. The lowest BCUT2D eigenvalue weighted by molar-refractivity contribution is -0.155. The number of nitrogens with one attached hydrogen (secondary N) is 1. The highest BCUT2D eigenvalue weighted by Crippen LogP contribution is 2.29. The van der Waals surface area contributed by atoms with Crippen LogP contribution < -0.4 is 10.2 Å². The average Bonchev–Trinajstić information content (AvgIpc) is 3.24. The lowest BCUT2D eigenvalue weighted by Crippen LogP contribution is -2.54. The quantitative estimate of drug-likeness (QED) is 0.395. The van der Waals surface area contributed by atoms with Crippen molar-refractivity contribution in [1.82, 2.24) is 10.4 Å². The first-order chi connectivity index (χ1) is 16.2. The van der Waals surface area contributed by atoms with Crippen molar-refractivity contribution in [3.8, 4) is 5.75 Å². The van der Waals surface area contributed by atoms with Gasteiger partial charge in [-0.25, -0.2) is 10.0 Å². The van der Waals surface area contributed by atoms with Gasteiger partial charge >= 0.3 is 5.97 Å². The Morgan fingerprint density at radius 2 is 1.88 bits per heavy atom. The van der Waals surface area contributed by atoms with Gasteiger partial charge in [0.15, 0.2) is 5.54 Å². The van der Waals surface area contributed by atoms with Crippen LogP contribution in [0.1, 0.15) is 64.9 Å². The molecule has 9 heteroatoms. The number of nitrogens with zero attached hydrogens (tertiary/aromatic N) is 2. The molecule has 1 aromatic rings. The van der Waals surface area contributed by atoms with Crippen LogP contribution in [0.3, 0.4) is 0 Å². The summed E-state index contributed by atoms with van der Waals surface area (Å²) in [7, 11) is 0. The number of esters is 1. The van der Waals surface area contributed by atoms with E-state index in [2.05, 4.69) is 5.43 Å². The van der Waals surface area contributed by atoms with E-state index in [9.17, 15) is 9.59 Å². The summed E-state index contributed by atoms with van der Waals surface area (Å²) >= 11 is 0. The predicted molar refractivity (Wildman–Crippen MR) is 128 cm³/mol. The lowest BCUT2D eigenvalue weighted by atomic mass is 9.94. The van der Waals surface area contributed by atoms with Gasteiger partial charge < -0.3 is 19.3 Å². The molecule has 2 N–H and O–H groups in total. The van der Waals surface area contributed by atoms with E-state index in [1.54, 1.807) is 12.1 Å². The number of aliphatic hydroxyl groups excluding tert-OH is 1. The first-order valence-corrected chi connectivity index (χ1v) is 12.1. The molecule has 0 aromatic heterocycles. The van der Waals surface area contributed by atoms with Crippen molar-refractivity contribution in [2.24, 2.45) is 4.99 Å². The molecule has 34 heavy (non-hydrogen) atoms. The van der Waals surface area contributed by atoms with E-state index in [1.807, 2.05) is 37.9 Å². The first kappa shape index (κ1) is 26.0. The number of piperidine rings is 1. The second-order valence-corrected chi connectivity index (χ2v) is 9.76. The van der Waals surface area contributed by atoms with Crippen LogP contribution in [0.25, 0.3) is 0 Å². The zero-order valence-electron chi connectivity index (χ0n) is 20.5. The molecule has 0 radical (unpaired) electrons. The molecule has 0 aliphatic carbocycles. The Hall–Kier alpha value is -2.65. The molecule has 2 aliphatic heterocycles. The van der Waals surface area contributed by atoms with Crippen LogP contribution in [0.5, 0.6) is 5.75 Å². The zero-order valence-corrected chi connectivity index (χ0v) is 20.5. The number of hydrazine groups is 1. The molecule has 0 bridgehead atoms. The van der Waals surface area contributed by atoms with Crippen molar-refractivity contribution in [3.63, 3.8) is 0 Å². The Balaban J connectivity index is 1.74. The molecular weight excluding hydrogens is 438 g/mol. The second-order valence-electron chi connectivity index (χ2n) is 9.76. The van der Waals surface area contributed by atoms with Crippen LogP contribution in [0, 0.1) is 0 Å². The Morgan fingerprint density at radius 3 is 2.53 bits per heavy atom. The molecule has 1 amide bonds. The third-order valence-electron chi connectivity index (χ3n) is 5.64. The van der Waals surface area contributed by atoms with Gasteiger partial charge in [-0.05, 0) is 64.3 Å². The molecule has 2 aliphatic rings. The van der Waals surface area contributed by atoms with E-state index in [1.165, 1.54) is 0 Å². The van der Waals surface area contributed by atoms with Gasteiger partial charge in [-0.15, -0.1) is 0 Å². The molecule has 1 atom stereocenters. The highest BCUT2D eigenvalue weighted by Gasteiger charge is 2.45. The van der Waals surface area contributed by atoms with Crippen molar-refractivity contribution in [3.05, 3.63) is 29.8 Å². The van der Waals surface area contributed by atoms with Gasteiger partial charge in [0.25, 0.3) is 5.91 Å². The number of aliphatic hydroxyl groups is 1. The number of hydrogen-bond acceptors (Lipinski definition) is 8.